The van der Waals surface area contributed by atoms with Crippen molar-refractivity contribution >= 4 is 0 Å². The molecule has 3 saturated heterocycles. The van der Waals surface area contributed by atoms with E-state index in [0.717, 1.165) is 0 Å². The van der Waals surface area contributed by atoms with Gasteiger partial charge in [-0.1, -0.05) is 84.0 Å². The van der Waals surface area contributed by atoms with Gasteiger partial charge in [-0.25, -0.2) is 0 Å². The first kappa shape index (κ1) is 22.2. The molecule has 3 rings (SSSR count). The van der Waals surface area contributed by atoms with Gasteiger partial charge >= 0.3 is 0 Å². The summed E-state index contributed by atoms with van der Waals surface area (Å²) < 4.78 is 2.93. The summed E-state index contributed by atoms with van der Waals surface area (Å²) in [7, 11) is 0. The molecule has 0 N–H and O–H groups in total. The molecule has 2 heteroatoms. The van der Waals surface area contributed by atoms with E-state index in [1.807, 2.05) is 0 Å². The standard InChI is InChI=1S/C24H50N2/c1-3-5-6-7-8-9-10-11-12-13-14-15-16-17-18-26-22-19-25(4-2,20-23-26)21-24-26/h3-24H2,1-2H3/q+2. The molecule has 154 valence electrons. The number of likely N-dealkylation sites (N-methyl/N-ethyl adjacent to an activating group) is 1. The van der Waals surface area contributed by atoms with E-state index >= 15 is 0 Å². The third-order valence-electron chi connectivity index (χ3n) is 7.80. The highest BCUT2D eigenvalue weighted by Crippen LogP contribution is 2.27. The maximum absolute atomic E-state index is 2.40. The van der Waals surface area contributed by atoms with Crippen LogP contribution in [0.4, 0.5) is 0 Å². The van der Waals surface area contributed by atoms with Crippen LogP contribution >= 0.6 is 0 Å². The molecule has 0 spiro atoms. The Hall–Kier alpha value is -0.0800. The zero-order valence-electron chi connectivity index (χ0n) is 18.5. The molecule has 0 aromatic heterocycles. The van der Waals surface area contributed by atoms with E-state index in [0.29, 0.717) is 0 Å². The Morgan fingerprint density at radius 2 is 0.769 bits per heavy atom. The Labute approximate surface area is 165 Å². The Morgan fingerprint density at radius 3 is 1.15 bits per heavy atom. The highest BCUT2D eigenvalue weighted by molar-refractivity contribution is 4.62. The zero-order valence-corrected chi connectivity index (χ0v) is 18.5. The second-order valence-corrected chi connectivity index (χ2v) is 9.66. The largest absolute Gasteiger partial charge is 0.310 e. The summed E-state index contributed by atoms with van der Waals surface area (Å²) in [6.45, 7) is 16.4. The van der Waals surface area contributed by atoms with Gasteiger partial charge in [-0.05, 0) is 19.8 Å². The third-order valence-corrected chi connectivity index (χ3v) is 7.80. The summed E-state index contributed by atoms with van der Waals surface area (Å²) in [5.74, 6) is 0. The summed E-state index contributed by atoms with van der Waals surface area (Å²) in [4.78, 5) is 0. The predicted octanol–water partition coefficient (Wildman–Crippen LogP) is 6.15. The maximum Gasteiger partial charge on any atom is 0.129 e. The van der Waals surface area contributed by atoms with Gasteiger partial charge in [-0.2, -0.15) is 0 Å². The first-order valence-corrected chi connectivity index (χ1v) is 12.4. The highest BCUT2D eigenvalue weighted by atomic mass is 15.5. The summed E-state index contributed by atoms with van der Waals surface area (Å²) in [6, 6.07) is 0. The first-order chi connectivity index (χ1) is 12.7. The van der Waals surface area contributed by atoms with Crippen LogP contribution in [0.15, 0.2) is 0 Å². The van der Waals surface area contributed by atoms with Crippen molar-refractivity contribution in [2.45, 2.75) is 104 Å². The van der Waals surface area contributed by atoms with Gasteiger partial charge in [0, 0.05) is 0 Å². The van der Waals surface area contributed by atoms with Crippen molar-refractivity contribution in [1.82, 2.24) is 0 Å². The highest BCUT2D eigenvalue weighted by Gasteiger charge is 2.47. The number of hydrogen-bond donors (Lipinski definition) is 0. The number of piperazine rings is 3. The summed E-state index contributed by atoms with van der Waals surface area (Å²) >= 11 is 0. The van der Waals surface area contributed by atoms with Crippen LogP contribution in [0.3, 0.4) is 0 Å². The van der Waals surface area contributed by atoms with Crippen LogP contribution in [-0.2, 0) is 0 Å². The lowest BCUT2D eigenvalue weighted by molar-refractivity contribution is -1.08. The lowest BCUT2D eigenvalue weighted by atomic mass is 10.0. The molecular weight excluding hydrogens is 316 g/mol. The van der Waals surface area contributed by atoms with Gasteiger partial charge in [-0.15, -0.1) is 0 Å². The minimum absolute atomic E-state index is 1.37. The van der Waals surface area contributed by atoms with Gasteiger partial charge in [0.15, 0.2) is 0 Å². The number of quaternary nitrogens is 2. The molecule has 3 heterocycles. The quantitative estimate of drug-likeness (QED) is 0.227. The monoisotopic (exact) mass is 366 g/mol. The molecule has 2 nitrogen and oxygen atoms in total. The minimum Gasteiger partial charge on any atom is -0.310 e. The summed E-state index contributed by atoms with van der Waals surface area (Å²) in [5.41, 5.74) is 0. The van der Waals surface area contributed by atoms with E-state index in [-0.39, 0.29) is 0 Å². The fourth-order valence-electron chi connectivity index (χ4n) is 5.40. The van der Waals surface area contributed by atoms with Gasteiger partial charge in [0.2, 0.25) is 0 Å². The number of hydrogen-bond acceptors (Lipinski definition) is 0. The molecule has 3 fully saturated rings. The van der Waals surface area contributed by atoms with Crippen LogP contribution in [0.1, 0.15) is 104 Å². The van der Waals surface area contributed by atoms with E-state index < -0.39 is 0 Å². The van der Waals surface area contributed by atoms with E-state index in [2.05, 4.69) is 13.8 Å². The molecule has 2 bridgehead atoms. The van der Waals surface area contributed by atoms with E-state index in [9.17, 15) is 0 Å². The zero-order chi connectivity index (χ0) is 18.6. The number of nitrogens with zero attached hydrogens (tertiary/aromatic N) is 2. The number of unbranched alkanes of at least 4 members (excludes halogenated alkanes) is 13. The van der Waals surface area contributed by atoms with Crippen molar-refractivity contribution in [3.8, 4) is 0 Å². The summed E-state index contributed by atoms with van der Waals surface area (Å²) in [5, 5.41) is 0. The molecule has 0 saturated carbocycles. The lowest BCUT2D eigenvalue weighted by Crippen LogP contribution is -2.74. The van der Waals surface area contributed by atoms with Crippen molar-refractivity contribution in [3.05, 3.63) is 0 Å². The molecule has 0 aliphatic carbocycles. The molecule has 0 aromatic carbocycles. The molecule has 0 aromatic rings. The average molecular weight is 367 g/mol. The van der Waals surface area contributed by atoms with E-state index in [1.165, 1.54) is 151 Å². The average Bonchev–Trinajstić information content (AvgIpc) is 2.70. The second-order valence-electron chi connectivity index (χ2n) is 9.66. The van der Waals surface area contributed by atoms with Crippen LogP contribution in [0.25, 0.3) is 0 Å². The van der Waals surface area contributed by atoms with Crippen LogP contribution in [0, 0.1) is 0 Å². The lowest BCUT2D eigenvalue weighted by Gasteiger charge is -2.55. The maximum atomic E-state index is 2.40. The first-order valence-electron chi connectivity index (χ1n) is 12.4. The Morgan fingerprint density at radius 1 is 0.423 bits per heavy atom. The minimum atomic E-state index is 1.37. The van der Waals surface area contributed by atoms with Gasteiger partial charge < -0.3 is 8.97 Å². The number of rotatable bonds is 16. The smallest absolute Gasteiger partial charge is 0.129 e. The van der Waals surface area contributed by atoms with Crippen LogP contribution in [-0.4, -0.2) is 61.3 Å². The fraction of sp³-hybridized carbons (Fsp3) is 1.00. The fourth-order valence-corrected chi connectivity index (χ4v) is 5.40. The van der Waals surface area contributed by atoms with Gasteiger partial charge in [-0.3, -0.25) is 0 Å². The van der Waals surface area contributed by atoms with Crippen molar-refractivity contribution in [3.63, 3.8) is 0 Å². The van der Waals surface area contributed by atoms with Gasteiger partial charge in [0.25, 0.3) is 0 Å². The predicted molar refractivity (Wildman–Crippen MR) is 115 cm³/mol. The van der Waals surface area contributed by atoms with Crippen LogP contribution in [0.5, 0.6) is 0 Å². The Kier molecular flexibility index (Phi) is 10.6. The topological polar surface area (TPSA) is 0 Å². The summed E-state index contributed by atoms with van der Waals surface area (Å²) in [6.07, 6.45) is 20.7. The SMILES string of the molecule is CCCCCCCCCCCCCCCC[N+]12CC[N+](CC)(CC1)CC2. The van der Waals surface area contributed by atoms with Crippen LogP contribution < -0.4 is 0 Å². The Bertz CT molecular complexity index is 328. The number of fused-ring (bicyclic) bond motifs is 3. The molecule has 0 atom stereocenters. The van der Waals surface area contributed by atoms with Crippen molar-refractivity contribution in [2.24, 2.45) is 0 Å². The van der Waals surface area contributed by atoms with Crippen molar-refractivity contribution < 1.29 is 8.97 Å². The van der Waals surface area contributed by atoms with Gasteiger partial charge in [0.05, 0.1) is 13.1 Å². The molecular formula is C24H50N2+2. The van der Waals surface area contributed by atoms with Crippen molar-refractivity contribution in [2.75, 3.05) is 52.4 Å². The molecule has 0 radical (unpaired) electrons. The molecule has 0 amide bonds. The molecule has 3 aliphatic rings. The van der Waals surface area contributed by atoms with Crippen molar-refractivity contribution in [1.29, 1.82) is 0 Å². The third kappa shape index (κ3) is 7.50. The molecule has 0 unspecified atom stereocenters. The molecule has 3 aliphatic heterocycles. The normalized spacial score (nSPS) is 27.9. The van der Waals surface area contributed by atoms with E-state index in [4.69, 9.17) is 0 Å². The Balaban J connectivity index is 1.35. The molecule has 26 heavy (non-hydrogen) atoms. The van der Waals surface area contributed by atoms with Crippen LogP contribution in [0.2, 0.25) is 0 Å². The van der Waals surface area contributed by atoms with Gasteiger partial charge in [0.1, 0.15) is 39.3 Å². The van der Waals surface area contributed by atoms with E-state index in [1.54, 1.807) is 0 Å². The second kappa shape index (κ2) is 12.4.